The maximum atomic E-state index is 12.1. The standard InChI is InChI=1S/C15H15Cl3N2OS/c1-9(2)6-11(20-19-10(3)8-16)4-5-13(21)14-7-12(17)15(18)22-14/h4,7H,1,3,5-6,8H2,2H3/b11-4-,20-19?. The first kappa shape index (κ1) is 19.1. The van der Waals surface area contributed by atoms with Crippen molar-refractivity contribution in [1.29, 1.82) is 0 Å². The van der Waals surface area contributed by atoms with Gasteiger partial charge in [0.1, 0.15) is 4.34 Å². The Hall–Kier alpha value is -0.940. The molecule has 0 aliphatic heterocycles. The average Bonchev–Trinajstić information content (AvgIpc) is 2.80. The fourth-order valence-corrected chi connectivity index (χ4v) is 2.78. The number of azo groups is 1. The zero-order valence-electron chi connectivity index (χ0n) is 12.0. The molecular formula is C15H15Cl3N2OS. The highest BCUT2D eigenvalue weighted by atomic mass is 35.5. The topological polar surface area (TPSA) is 41.8 Å². The number of hydrogen-bond acceptors (Lipinski definition) is 4. The van der Waals surface area contributed by atoms with Crippen LogP contribution in [0, 0.1) is 0 Å². The van der Waals surface area contributed by atoms with Gasteiger partial charge in [0, 0.05) is 12.8 Å². The van der Waals surface area contributed by atoms with E-state index in [4.69, 9.17) is 34.8 Å². The summed E-state index contributed by atoms with van der Waals surface area (Å²) < 4.78 is 0.411. The van der Waals surface area contributed by atoms with Crippen LogP contribution in [-0.4, -0.2) is 11.7 Å². The monoisotopic (exact) mass is 376 g/mol. The van der Waals surface area contributed by atoms with Gasteiger partial charge in [-0.25, -0.2) is 0 Å². The van der Waals surface area contributed by atoms with E-state index in [1.165, 1.54) is 0 Å². The van der Waals surface area contributed by atoms with Gasteiger partial charge in [-0.1, -0.05) is 48.0 Å². The van der Waals surface area contributed by atoms with Crippen LogP contribution < -0.4 is 0 Å². The minimum atomic E-state index is -0.0793. The van der Waals surface area contributed by atoms with Crippen molar-refractivity contribution in [2.24, 2.45) is 10.2 Å². The quantitative estimate of drug-likeness (QED) is 0.215. The molecule has 0 fully saturated rings. The van der Waals surface area contributed by atoms with Gasteiger partial charge >= 0.3 is 0 Å². The smallest absolute Gasteiger partial charge is 0.176 e. The lowest BCUT2D eigenvalue weighted by atomic mass is 10.1. The minimum Gasteiger partial charge on any atom is -0.293 e. The maximum Gasteiger partial charge on any atom is 0.176 e. The molecule has 0 radical (unpaired) electrons. The largest absolute Gasteiger partial charge is 0.293 e. The molecular weight excluding hydrogens is 363 g/mol. The van der Waals surface area contributed by atoms with Crippen LogP contribution in [0.25, 0.3) is 0 Å². The summed E-state index contributed by atoms with van der Waals surface area (Å²) in [5.74, 6) is 0.124. The molecule has 0 atom stereocenters. The average molecular weight is 378 g/mol. The van der Waals surface area contributed by atoms with E-state index in [2.05, 4.69) is 23.4 Å². The van der Waals surface area contributed by atoms with Gasteiger partial charge in [0.15, 0.2) is 5.78 Å². The number of hydrogen-bond donors (Lipinski definition) is 0. The van der Waals surface area contributed by atoms with Crippen molar-refractivity contribution in [1.82, 2.24) is 0 Å². The predicted molar refractivity (Wildman–Crippen MR) is 95.5 cm³/mol. The number of thiophene rings is 1. The van der Waals surface area contributed by atoms with E-state index >= 15 is 0 Å². The second kappa shape index (κ2) is 9.26. The van der Waals surface area contributed by atoms with Crippen LogP contribution >= 0.6 is 46.1 Å². The molecule has 0 unspecified atom stereocenters. The summed E-state index contributed by atoms with van der Waals surface area (Å²) in [6.07, 6.45) is 2.42. The molecule has 0 spiro atoms. The van der Waals surface area contributed by atoms with Crippen LogP contribution in [0.4, 0.5) is 0 Å². The second-order valence-corrected chi connectivity index (χ2v) is 6.92. The van der Waals surface area contributed by atoms with Crippen LogP contribution in [0.2, 0.25) is 9.36 Å². The van der Waals surface area contributed by atoms with E-state index in [0.717, 1.165) is 16.9 Å². The number of nitrogens with zero attached hydrogens (tertiary/aromatic N) is 2. The van der Waals surface area contributed by atoms with Gasteiger partial charge in [0.25, 0.3) is 0 Å². The second-order valence-electron chi connectivity index (χ2n) is 4.59. The molecule has 0 aromatic carbocycles. The Balaban J connectivity index is 2.83. The van der Waals surface area contributed by atoms with Crippen molar-refractivity contribution in [3.8, 4) is 0 Å². The maximum absolute atomic E-state index is 12.1. The molecule has 7 heteroatoms. The van der Waals surface area contributed by atoms with Crippen molar-refractivity contribution in [3.05, 3.63) is 56.5 Å². The number of carbonyl (C=O) groups excluding carboxylic acids is 1. The fourth-order valence-electron chi connectivity index (χ4n) is 1.41. The zero-order chi connectivity index (χ0) is 16.7. The van der Waals surface area contributed by atoms with Gasteiger partial charge in [-0.15, -0.1) is 22.9 Å². The van der Waals surface area contributed by atoms with E-state index in [0.29, 0.717) is 32.1 Å². The number of rotatable bonds is 8. The van der Waals surface area contributed by atoms with Crippen molar-refractivity contribution < 1.29 is 4.79 Å². The third kappa shape index (κ3) is 6.44. The predicted octanol–water partition coefficient (Wildman–Crippen LogP) is 6.68. The Morgan fingerprint density at radius 2 is 2.05 bits per heavy atom. The molecule has 1 heterocycles. The molecule has 0 aliphatic carbocycles. The molecule has 0 aliphatic rings. The molecule has 0 N–H and O–H groups in total. The van der Waals surface area contributed by atoms with Crippen molar-refractivity contribution in [2.45, 2.75) is 19.8 Å². The van der Waals surface area contributed by atoms with E-state index in [9.17, 15) is 4.79 Å². The Morgan fingerprint density at radius 1 is 1.36 bits per heavy atom. The highest BCUT2D eigenvalue weighted by Gasteiger charge is 2.12. The molecule has 0 bridgehead atoms. The third-order valence-corrected chi connectivity index (χ3v) is 4.62. The first-order chi connectivity index (χ1) is 10.3. The van der Waals surface area contributed by atoms with Crippen LogP contribution in [0.15, 0.2) is 52.5 Å². The number of Topliss-reactive ketones (excluding diaryl/α,β-unsaturated/α-hetero) is 1. The highest BCUT2D eigenvalue weighted by Crippen LogP contribution is 2.32. The summed E-state index contributed by atoms with van der Waals surface area (Å²) in [7, 11) is 0. The summed E-state index contributed by atoms with van der Waals surface area (Å²) in [6.45, 7) is 9.35. The summed E-state index contributed by atoms with van der Waals surface area (Å²) in [6, 6.07) is 1.57. The summed E-state index contributed by atoms with van der Waals surface area (Å²) >= 11 is 18.5. The number of halogens is 3. The molecule has 1 rings (SSSR count). The highest BCUT2D eigenvalue weighted by molar-refractivity contribution is 7.18. The molecule has 118 valence electrons. The Labute approximate surface area is 149 Å². The molecule has 1 aromatic heterocycles. The normalized spacial score (nSPS) is 11.9. The number of carbonyl (C=O) groups is 1. The molecule has 22 heavy (non-hydrogen) atoms. The van der Waals surface area contributed by atoms with E-state index < -0.39 is 0 Å². The number of ketones is 1. The van der Waals surface area contributed by atoms with E-state index in [-0.39, 0.29) is 18.1 Å². The first-order valence-electron chi connectivity index (χ1n) is 6.30. The van der Waals surface area contributed by atoms with Crippen LogP contribution in [-0.2, 0) is 0 Å². The van der Waals surface area contributed by atoms with Gasteiger partial charge in [-0.3, -0.25) is 4.79 Å². The summed E-state index contributed by atoms with van der Waals surface area (Å²) in [4.78, 5) is 12.6. The van der Waals surface area contributed by atoms with Crippen molar-refractivity contribution in [3.63, 3.8) is 0 Å². The van der Waals surface area contributed by atoms with Crippen LogP contribution in [0.3, 0.4) is 0 Å². The first-order valence-corrected chi connectivity index (χ1v) is 8.41. The molecule has 0 amide bonds. The SMILES string of the molecule is C=C(C)C/C(=C/CC(=O)c1cc(Cl)c(Cl)s1)N=NC(=C)CCl. The Bertz CT molecular complexity index is 628. The van der Waals surface area contributed by atoms with E-state index in [1.54, 1.807) is 12.1 Å². The van der Waals surface area contributed by atoms with Crippen LogP contribution in [0.5, 0.6) is 0 Å². The summed E-state index contributed by atoms with van der Waals surface area (Å²) in [5.41, 5.74) is 2.01. The molecule has 1 aromatic rings. The van der Waals surface area contributed by atoms with Gasteiger partial charge in [0.05, 0.1) is 27.2 Å². The Kier molecular flexibility index (Phi) is 8.04. The fraction of sp³-hybridized carbons (Fsp3) is 0.267. The lowest BCUT2D eigenvalue weighted by Gasteiger charge is -2.01. The third-order valence-electron chi connectivity index (χ3n) is 2.40. The number of allylic oxidation sites excluding steroid dienone is 3. The Morgan fingerprint density at radius 3 is 2.55 bits per heavy atom. The molecule has 0 saturated heterocycles. The van der Waals surface area contributed by atoms with Crippen molar-refractivity contribution >= 4 is 51.9 Å². The lowest BCUT2D eigenvalue weighted by Crippen LogP contribution is -1.94. The van der Waals surface area contributed by atoms with Gasteiger partial charge in [0.2, 0.25) is 0 Å². The van der Waals surface area contributed by atoms with Crippen molar-refractivity contribution in [2.75, 3.05) is 5.88 Å². The van der Waals surface area contributed by atoms with E-state index in [1.807, 2.05) is 6.92 Å². The summed E-state index contributed by atoms with van der Waals surface area (Å²) in [5, 5.41) is 8.35. The number of alkyl halides is 1. The van der Waals surface area contributed by atoms with Gasteiger partial charge in [-0.05, 0) is 13.0 Å². The van der Waals surface area contributed by atoms with Gasteiger partial charge in [-0.2, -0.15) is 10.2 Å². The molecule has 3 nitrogen and oxygen atoms in total. The van der Waals surface area contributed by atoms with Gasteiger partial charge < -0.3 is 0 Å². The minimum absolute atomic E-state index is 0.0793. The lowest BCUT2D eigenvalue weighted by molar-refractivity contribution is 0.0999. The van der Waals surface area contributed by atoms with Crippen LogP contribution in [0.1, 0.15) is 29.4 Å². The zero-order valence-corrected chi connectivity index (χ0v) is 15.1. The molecule has 0 saturated carbocycles.